The molecule has 4 N–H and O–H groups in total. The first-order chi connectivity index (χ1) is 12.8. The van der Waals surface area contributed by atoms with E-state index < -0.39 is 14.6 Å². The molecule has 8 nitrogen and oxygen atoms in total. The molecule has 144 valence electrons. The maximum absolute atomic E-state index is 12.7. The van der Waals surface area contributed by atoms with Gasteiger partial charge < -0.3 is 16.4 Å². The summed E-state index contributed by atoms with van der Waals surface area (Å²) in [7, 11) is -1.78. The van der Waals surface area contributed by atoms with Crippen molar-refractivity contribution in [2.75, 3.05) is 23.9 Å². The third kappa shape index (κ3) is 3.46. The number of nitrogens with one attached hydrogen (secondary N) is 2. The van der Waals surface area contributed by atoms with Crippen molar-refractivity contribution in [3.63, 3.8) is 0 Å². The summed E-state index contributed by atoms with van der Waals surface area (Å²) in [5.74, 6) is 0.667. The predicted molar refractivity (Wildman–Crippen MR) is 105 cm³/mol. The molecule has 1 aromatic carbocycles. The molecule has 1 fully saturated rings. The highest BCUT2D eigenvalue weighted by Crippen LogP contribution is 2.48. The number of nitrogen functional groups attached to an aromatic ring is 1. The van der Waals surface area contributed by atoms with Gasteiger partial charge in [0.1, 0.15) is 10.6 Å². The van der Waals surface area contributed by atoms with Crippen LogP contribution in [0.1, 0.15) is 31.9 Å². The number of hydrogen-bond donors (Lipinski definition) is 3. The molecule has 2 aromatic rings. The SMILES string of the molecule is CCS(=O)(=O)C1(c2cc(N)nc(-c3ccc(NC(=O)NC)cc3)n2)CCC1. The number of nitrogens with two attached hydrogens (primary N) is 1. The van der Waals surface area contributed by atoms with Crippen LogP contribution in [0.25, 0.3) is 11.4 Å². The highest BCUT2D eigenvalue weighted by atomic mass is 32.2. The highest BCUT2D eigenvalue weighted by molar-refractivity contribution is 7.92. The first-order valence-corrected chi connectivity index (χ1v) is 10.4. The zero-order chi connectivity index (χ0) is 19.7. The fourth-order valence-electron chi connectivity index (χ4n) is 3.23. The molecule has 0 aliphatic heterocycles. The van der Waals surface area contributed by atoms with Crippen LogP contribution in [0.2, 0.25) is 0 Å². The predicted octanol–water partition coefficient (Wildman–Crippen LogP) is 2.29. The maximum atomic E-state index is 12.7. The highest BCUT2D eigenvalue weighted by Gasteiger charge is 2.50. The quantitative estimate of drug-likeness (QED) is 0.720. The fraction of sp³-hybridized carbons (Fsp3) is 0.389. The number of urea groups is 1. The van der Waals surface area contributed by atoms with Crippen LogP contribution in [0.5, 0.6) is 0 Å². The number of amides is 2. The van der Waals surface area contributed by atoms with Crippen molar-refractivity contribution in [1.82, 2.24) is 15.3 Å². The van der Waals surface area contributed by atoms with Gasteiger partial charge in [0.15, 0.2) is 15.7 Å². The standard InChI is InChI=1S/C18H23N5O3S/c1-3-27(25,26)18(9-4-10-18)14-11-15(19)23-16(22-14)12-5-7-13(8-6-12)21-17(24)20-2/h5-8,11H,3-4,9-10H2,1-2H3,(H2,19,22,23)(H2,20,21,24). The van der Waals surface area contributed by atoms with E-state index in [1.165, 1.54) is 7.05 Å². The average Bonchev–Trinajstić information content (AvgIpc) is 2.60. The molecule has 27 heavy (non-hydrogen) atoms. The largest absolute Gasteiger partial charge is 0.384 e. The number of sulfone groups is 1. The van der Waals surface area contributed by atoms with E-state index in [9.17, 15) is 13.2 Å². The molecule has 0 unspecified atom stereocenters. The normalized spacial score (nSPS) is 15.6. The second-order valence-electron chi connectivity index (χ2n) is 6.53. The van der Waals surface area contributed by atoms with Gasteiger partial charge in [0.05, 0.1) is 5.69 Å². The Kier molecular flexibility index (Phi) is 5.05. The molecule has 0 spiro atoms. The van der Waals surface area contributed by atoms with Crippen molar-refractivity contribution in [3.05, 3.63) is 36.0 Å². The fourth-order valence-corrected chi connectivity index (χ4v) is 5.11. The molecule has 1 aliphatic carbocycles. The Morgan fingerprint density at radius 3 is 2.41 bits per heavy atom. The van der Waals surface area contributed by atoms with Crippen molar-refractivity contribution in [3.8, 4) is 11.4 Å². The first kappa shape index (κ1) is 19.1. The lowest BCUT2D eigenvalue weighted by molar-refractivity contribution is 0.254. The van der Waals surface area contributed by atoms with Gasteiger partial charge in [0, 0.05) is 30.1 Å². The molecule has 2 amide bonds. The summed E-state index contributed by atoms with van der Waals surface area (Å²) in [6.07, 6.45) is 1.94. The number of aromatic nitrogens is 2. The zero-order valence-corrected chi connectivity index (χ0v) is 16.1. The van der Waals surface area contributed by atoms with Crippen LogP contribution in [0.15, 0.2) is 30.3 Å². The van der Waals surface area contributed by atoms with Gasteiger partial charge in [-0.15, -0.1) is 0 Å². The summed E-state index contributed by atoms with van der Waals surface area (Å²) >= 11 is 0. The van der Waals surface area contributed by atoms with Crippen LogP contribution in [-0.2, 0) is 14.6 Å². The molecule has 1 aliphatic rings. The zero-order valence-electron chi connectivity index (χ0n) is 15.3. The lowest BCUT2D eigenvalue weighted by Crippen LogP contribution is -2.44. The van der Waals surface area contributed by atoms with Crippen LogP contribution in [0.3, 0.4) is 0 Å². The van der Waals surface area contributed by atoms with Gasteiger partial charge in [-0.1, -0.05) is 6.92 Å². The van der Waals surface area contributed by atoms with E-state index in [0.29, 0.717) is 35.6 Å². The molecule has 0 saturated heterocycles. The summed E-state index contributed by atoms with van der Waals surface area (Å²) in [4.78, 5) is 20.2. The maximum Gasteiger partial charge on any atom is 0.318 e. The van der Waals surface area contributed by atoms with E-state index in [1.54, 1.807) is 37.3 Å². The van der Waals surface area contributed by atoms with E-state index in [1.807, 2.05) is 0 Å². The summed E-state index contributed by atoms with van der Waals surface area (Å²) in [6, 6.07) is 8.20. The number of benzene rings is 1. The van der Waals surface area contributed by atoms with Gasteiger partial charge in [-0.2, -0.15) is 0 Å². The van der Waals surface area contributed by atoms with Crippen molar-refractivity contribution in [2.45, 2.75) is 30.9 Å². The second-order valence-corrected chi connectivity index (χ2v) is 9.12. The van der Waals surface area contributed by atoms with E-state index in [4.69, 9.17) is 5.73 Å². The van der Waals surface area contributed by atoms with Crippen molar-refractivity contribution >= 4 is 27.4 Å². The molecule has 1 aromatic heterocycles. The van der Waals surface area contributed by atoms with Crippen LogP contribution < -0.4 is 16.4 Å². The Morgan fingerprint density at radius 1 is 1.22 bits per heavy atom. The third-order valence-electron chi connectivity index (χ3n) is 4.98. The molecule has 9 heteroatoms. The monoisotopic (exact) mass is 389 g/mol. The number of nitrogens with zero attached hydrogens (tertiary/aromatic N) is 2. The van der Waals surface area contributed by atoms with Gasteiger partial charge in [0.2, 0.25) is 0 Å². The summed E-state index contributed by atoms with van der Waals surface area (Å²) in [5, 5.41) is 5.14. The minimum absolute atomic E-state index is 0.0616. The Morgan fingerprint density at radius 2 is 1.89 bits per heavy atom. The smallest absolute Gasteiger partial charge is 0.318 e. The minimum atomic E-state index is -3.32. The summed E-state index contributed by atoms with van der Waals surface area (Å²) < 4.78 is 24.4. The van der Waals surface area contributed by atoms with Crippen LogP contribution >= 0.6 is 0 Å². The Balaban J connectivity index is 1.98. The van der Waals surface area contributed by atoms with Crippen molar-refractivity contribution in [1.29, 1.82) is 0 Å². The molecule has 3 rings (SSSR count). The Labute approximate surface area is 158 Å². The van der Waals surface area contributed by atoms with Gasteiger partial charge >= 0.3 is 6.03 Å². The molecular weight excluding hydrogens is 366 g/mol. The number of carbonyl (C=O) groups excluding carboxylic acids is 1. The van der Waals surface area contributed by atoms with Gasteiger partial charge in [-0.25, -0.2) is 23.2 Å². The molecule has 1 saturated carbocycles. The van der Waals surface area contributed by atoms with E-state index >= 15 is 0 Å². The first-order valence-electron chi connectivity index (χ1n) is 8.78. The molecule has 0 atom stereocenters. The Hall–Kier alpha value is -2.68. The van der Waals surface area contributed by atoms with Crippen molar-refractivity contribution < 1.29 is 13.2 Å². The van der Waals surface area contributed by atoms with E-state index in [0.717, 1.165) is 6.42 Å². The summed E-state index contributed by atoms with van der Waals surface area (Å²) in [6.45, 7) is 1.65. The Bertz CT molecular complexity index is 953. The molecule has 0 radical (unpaired) electrons. The van der Waals surface area contributed by atoms with Crippen LogP contribution in [0.4, 0.5) is 16.3 Å². The number of anilines is 2. The second kappa shape index (κ2) is 7.15. The molecule has 0 bridgehead atoms. The summed E-state index contributed by atoms with van der Waals surface area (Å²) in [5.41, 5.74) is 7.73. The number of carbonyl (C=O) groups is 1. The average molecular weight is 389 g/mol. The van der Waals surface area contributed by atoms with Crippen molar-refractivity contribution in [2.24, 2.45) is 0 Å². The van der Waals surface area contributed by atoms with E-state index in [-0.39, 0.29) is 17.6 Å². The van der Waals surface area contributed by atoms with Crippen LogP contribution in [-0.4, -0.2) is 37.2 Å². The van der Waals surface area contributed by atoms with Gasteiger partial charge in [-0.3, -0.25) is 0 Å². The molecule has 1 heterocycles. The lowest BCUT2D eigenvalue weighted by Gasteiger charge is -2.40. The topological polar surface area (TPSA) is 127 Å². The van der Waals surface area contributed by atoms with Gasteiger partial charge in [-0.05, 0) is 43.5 Å². The van der Waals surface area contributed by atoms with Crippen LogP contribution in [0, 0.1) is 0 Å². The number of rotatable bonds is 5. The third-order valence-corrected chi connectivity index (χ3v) is 7.55. The van der Waals surface area contributed by atoms with Gasteiger partial charge in [0.25, 0.3) is 0 Å². The lowest BCUT2D eigenvalue weighted by atomic mass is 9.81. The number of hydrogen-bond acceptors (Lipinski definition) is 6. The van der Waals surface area contributed by atoms with E-state index in [2.05, 4.69) is 20.6 Å². The minimum Gasteiger partial charge on any atom is -0.384 e. The molecular formula is C18H23N5O3S.